The number of nitrogens with one attached hydrogen (secondary N) is 1. The molecular weight excluding hydrogens is 150 g/mol. The van der Waals surface area contributed by atoms with Gasteiger partial charge in [-0.25, -0.2) is 4.79 Å². The summed E-state index contributed by atoms with van der Waals surface area (Å²) in [5.41, 5.74) is 0. The van der Waals surface area contributed by atoms with Gasteiger partial charge in [0.25, 0.3) is 5.91 Å². The van der Waals surface area contributed by atoms with Crippen LogP contribution in [0.5, 0.6) is 0 Å². The summed E-state index contributed by atoms with van der Waals surface area (Å²) < 4.78 is 9.09. The van der Waals surface area contributed by atoms with Crippen molar-refractivity contribution in [1.29, 1.82) is 0 Å². The summed E-state index contributed by atoms with van der Waals surface area (Å²) in [6.45, 7) is 0. The fourth-order valence-corrected chi connectivity index (χ4v) is 0.749. The Morgan fingerprint density at radius 1 is 1.45 bits per heavy atom. The van der Waals surface area contributed by atoms with E-state index in [1.807, 2.05) is 0 Å². The van der Waals surface area contributed by atoms with Gasteiger partial charge in [-0.3, -0.25) is 4.79 Å². The second-order valence-corrected chi connectivity index (χ2v) is 2.11. The standard InChI is InChI=1S/C6H9NO4/c1-7-5(8)3-4(11-3)6(9)10-2/h3-4H,1-2H3,(H,7,8). The van der Waals surface area contributed by atoms with E-state index in [1.54, 1.807) is 0 Å². The molecule has 5 nitrogen and oxygen atoms in total. The van der Waals surface area contributed by atoms with Gasteiger partial charge < -0.3 is 14.8 Å². The Kier molecular flexibility index (Phi) is 2.09. The predicted molar refractivity (Wildman–Crippen MR) is 34.7 cm³/mol. The highest BCUT2D eigenvalue weighted by Gasteiger charge is 2.50. The molecule has 1 aliphatic heterocycles. The highest BCUT2D eigenvalue weighted by atomic mass is 16.6. The van der Waals surface area contributed by atoms with Gasteiger partial charge in [0.2, 0.25) is 0 Å². The van der Waals surface area contributed by atoms with Gasteiger partial charge in [0.05, 0.1) is 7.11 Å². The maximum atomic E-state index is 10.8. The van der Waals surface area contributed by atoms with Crippen molar-refractivity contribution in [3.05, 3.63) is 0 Å². The van der Waals surface area contributed by atoms with E-state index in [4.69, 9.17) is 4.74 Å². The van der Waals surface area contributed by atoms with Crippen LogP contribution < -0.4 is 5.32 Å². The summed E-state index contributed by atoms with van der Waals surface area (Å²) >= 11 is 0. The number of amides is 1. The van der Waals surface area contributed by atoms with Crippen LogP contribution in [0.1, 0.15) is 0 Å². The van der Waals surface area contributed by atoms with Crippen molar-refractivity contribution >= 4 is 11.9 Å². The fourth-order valence-electron chi connectivity index (χ4n) is 0.749. The molecule has 1 amide bonds. The fraction of sp³-hybridized carbons (Fsp3) is 0.667. The van der Waals surface area contributed by atoms with Crippen molar-refractivity contribution in [2.75, 3.05) is 14.2 Å². The van der Waals surface area contributed by atoms with Crippen LogP contribution in [-0.2, 0) is 19.1 Å². The summed E-state index contributed by atoms with van der Waals surface area (Å²) in [4.78, 5) is 21.4. The number of esters is 1. The number of rotatable bonds is 2. The van der Waals surface area contributed by atoms with Crippen LogP contribution in [0, 0.1) is 0 Å². The van der Waals surface area contributed by atoms with Crippen LogP contribution in [0.4, 0.5) is 0 Å². The highest BCUT2D eigenvalue weighted by Crippen LogP contribution is 2.22. The molecular formula is C6H9NO4. The van der Waals surface area contributed by atoms with E-state index in [-0.39, 0.29) is 5.91 Å². The molecule has 0 aromatic heterocycles. The molecule has 2 atom stereocenters. The van der Waals surface area contributed by atoms with E-state index in [0.29, 0.717) is 0 Å². The first-order valence-corrected chi connectivity index (χ1v) is 3.15. The molecule has 1 heterocycles. The zero-order chi connectivity index (χ0) is 8.43. The summed E-state index contributed by atoms with van der Waals surface area (Å²) in [6.07, 6.45) is -1.34. The Bertz CT molecular complexity index is 171. The molecule has 62 valence electrons. The first-order chi connectivity index (χ1) is 5.20. The van der Waals surface area contributed by atoms with Crippen molar-refractivity contribution in [1.82, 2.24) is 5.32 Å². The van der Waals surface area contributed by atoms with E-state index in [9.17, 15) is 9.59 Å². The van der Waals surface area contributed by atoms with E-state index in [2.05, 4.69) is 10.1 Å². The van der Waals surface area contributed by atoms with Crippen molar-refractivity contribution < 1.29 is 19.1 Å². The van der Waals surface area contributed by atoms with Crippen LogP contribution in [0.15, 0.2) is 0 Å². The van der Waals surface area contributed by atoms with Gasteiger partial charge in [-0.1, -0.05) is 0 Å². The first-order valence-electron chi connectivity index (χ1n) is 3.15. The predicted octanol–water partition coefficient (Wildman–Crippen LogP) is -1.33. The maximum Gasteiger partial charge on any atom is 0.338 e. The van der Waals surface area contributed by atoms with E-state index < -0.39 is 18.2 Å². The van der Waals surface area contributed by atoms with Crippen LogP contribution in [0.25, 0.3) is 0 Å². The molecule has 0 bridgehead atoms. The molecule has 1 N–H and O–H groups in total. The molecule has 0 saturated carbocycles. The summed E-state index contributed by atoms with van der Waals surface area (Å²) in [6, 6.07) is 0. The average molecular weight is 159 g/mol. The van der Waals surface area contributed by atoms with E-state index >= 15 is 0 Å². The molecule has 1 saturated heterocycles. The van der Waals surface area contributed by atoms with Gasteiger partial charge >= 0.3 is 5.97 Å². The Balaban J connectivity index is 2.37. The molecule has 0 aliphatic carbocycles. The molecule has 0 aromatic rings. The maximum absolute atomic E-state index is 10.8. The van der Waals surface area contributed by atoms with Crippen molar-refractivity contribution in [2.24, 2.45) is 0 Å². The molecule has 0 radical (unpaired) electrons. The van der Waals surface area contributed by atoms with Crippen molar-refractivity contribution in [3.63, 3.8) is 0 Å². The lowest BCUT2D eigenvalue weighted by atomic mass is 10.3. The minimum atomic E-state index is -0.694. The van der Waals surface area contributed by atoms with Crippen LogP contribution in [-0.4, -0.2) is 38.2 Å². The number of likely N-dealkylation sites (N-methyl/N-ethyl adjacent to an activating group) is 1. The van der Waals surface area contributed by atoms with E-state index in [1.165, 1.54) is 14.2 Å². The van der Waals surface area contributed by atoms with Gasteiger partial charge in [-0.2, -0.15) is 0 Å². The average Bonchev–Trinajstić information content (AvgIpc) is 2.80. The molecule has 2 unspecified atom stereocenters. The molecule has 1 rings (SSSR count). The third-order valence-electron chi connectivity index (χ3n) is 1.43. The number of carbonyl (C=O) groups excluding carboxylic acids is 2. The zero-order valence-corrected chi connectivity index (χ0v) is 6.29. The van der Waals surface area contributed by atoms with Gasteiger partial charge in [0, 0.05) is 7.05 Å². The smallest absolute Gasteiger partial charge is 0.338 e. The normalized spacial score (nSPS) is 27.5. The van der Waals surface area contributed by atoms with Crippen LogP contribution in [0.2, 0.25) is 0 Å². The SMILES string of the molecule is CNC(=O)C1OC1C(=O)OC. The van der Waals surface area contributed by atoms with Gasteiger partial charge in [0.1, 0.15) is 0 Å². The lowest BCUT2D eigenvalue weighted by Gasteiger charge is -1.92. The second-order valence-electron chi connectivity index (χ2n) is 2.11. The van der Waals surface area contributed by atoms with Gasteiger partial charge in [-0.15, -0.1) is 0 Å². The summed E-state index contributed by atoms with van der Waals surface area (Å²) in [5.74, 6) is -0.793. The summed E-state index contributed by atoms with van der Waals surface area (Å²) in [5, 5.41) is 2.36. The number of hydrogen-bond donors (Lipinski definition) is 1. The number of methoxy groups -OCH3 is 1. The van der Waals surface area contributed by atoms with Gasteiger partial charge in [0.15, 0.2) is 12.2 Å². The third-order valence-corrected chi connectivity index (χ3v) is 1.43. The summed E-state index contributed by atoms with van der Waals surface area (Å²) in [7, 11) is 2.74. The van der Waals surface area contributed by atoms with Crippen LogP contribution >= 0.6 is 0 Å². The molecule has 1 aliphatic rings. The quantitative estimate of drug-likeness (QED) is 0.400. The lowest BCUT2D eigenvalue weighted by Crippen LogP contribution is -2.27. The van der Waals surface area contributed by atoms with Crippen LogP contribution in [0.3, 0.4) is 0 Å². The van der Waals surface area contributed by atoms with E-state index in [0.717, 1.165) is 0 Å². The molecule has 0 spiro atoms. The van der Waals surface area contributed by atoms with Crippen molar-refractivity contribution in [2.45, 2.75) is 12.2 Å². The first kappa shape index (κ1) is 8.00. The van der Waals surface area contributed by atoms with Crippen molar-refractivity contribution in [3.8, 4) is 0 Å². The monoisotopic (exact) mass is 159 g/mol. The second kappa shape index (κ2) is 2.87. The minimum absolute atomic E-state index is 0.291. The highest BCUT2D eigenvalue weighted by molar-refractivity contribution is 5.92. The molecule has 0 aromatic carbocycles. The lowest BCUT2D eigenvalue weighted by molar-refractivity contribution is -0.142. The number of hydrogen-bond acceptors (Lipinski definition) is 4. The Morgan fingerprint density at radius 3 is 2.55 bits per heavy atom. The number of epoxide rings is 1. The Morgan fingerprint density at radius 2 is 2.09 bits per heavy atom. The zero-order valence-electron chi connectivity index (χ0n) is 6.29. The molecule has 11 heavy (non-hydrogen) atoms. The Hall–Kier alpha value is -1.10. The number of ether oxygens (including phenoxy) is 2. The third kappa shape index (κ3) is 1.48. The topological polar surface area (TPSA) is 67.9 Å². The van der Waals surface area contributed by atoms with Gasteiger partial charge in [-0.05, 0) is 0 Å². The number of carbonyl (C=O) groups is 2. The Labute approximate surface area is 63.7 Å². The molecule has 1 fully saturated rings. The molecule has 5 heteroatoms. The largest absolute Gasteiger partial charge is 0.467 e. The minimum Gasteiger partial charge on any atom is -0.467 e.